The van der Waals surface area contributed by atoms with Crippen LogP contribution in [0.5, 0.6) is 0 Å². The zero-order valence-corrected chi connectivity index (χ0v) is 12.1. The number of aromatic nitrogens is 1. The number of amides is 1. The van der Waals surface area contributed by atoms with Crippen LogP contribution in [0.25, 0.3) is 22.2 Å². The number of anilines is 1. The third kappa shape index (κ3) is 2.92. The molecule has 0 atom stereocenters. The van der Waals surface area contributed by atoms with Crippen LogP contribution in [-0.4, -0.2) is 10.9 Å². The van der Waals surface area contributed by atoms with Crippen molar-refractivity contribution in [2.75, 3.05) is 5.32 Å². The Morgan fingerprint density at radius 3 is 2.48 bits per heavy atom. The van der Waals surface area contributed by atoms with Gasteiger partial charge in [-0.15, -0.1) is 0 Å². The zero-order chi connectivity index (χ0) is 14.8. The normalized spacial score (nSPS) is 10.6. The molecule has 3 heteroatoms. The highest BCUT2D eigenvalue weighted by molar-refractivity contribution is 5.89. The number of nitrogens with one attached hydrogen (secondary N) is 1. The zero-order valence-electron chi connectivity index (χ0n) is 12.1. The van der Waals surface area contributed by atoms with Crippen molar-refractivity contribution in [2.24, 2.45) is 0 Å². The summed E-state index contributed by atoms with van der Waals surface area (Å²) in [5, 5.41) is 3.91. The summed E-state index contributed by atoms with van der Waals surface area (Å²) >= 11 is 0. The summed E-state index contributed by atoms with van der Waals surface area (Å²) in [4.78, 5) is 15.7. The first-order chi connectivity index (χ1) is 10.1. The number of fused-ring (bicyclic) bond motifs is 1. The van der Waals surface area contributed by atoms with Gasteiger partial charge in [-0.25, -0.2) is 4.98 Å². The molecule has 0 fully saturated rings. The van der Waals surface area contributed by atoms with Gasteiger partial charge in [-0.2, -0.15) is 0 Å². The van der Waals surface area contributed by atoms with E-state index in [-0.39, 0.29) is 5.91 Å². The molecule has 3 rings (SSSR count). The maximum absolute atomic E-state index is 11.0. The SMILES string of the molecule is CC(=O)Nc1ccc(-c2ccc3cc(C)ccc3n2)cc1. The van der Waals surface area contributed by atoms with Crippen LogP contribution in [0.1, 0.15) is 12.5 Å². The maximum atomic E-state index is 11.0. The number of pyridine rings is 1. The molecule has 3 aromatic rings. The molecule has 0 aliphatic rings. The topological polar surface area (TPSA) is 42.0 Å². The first-order valence-corrected chi connectivity index (χ1v) is 6.87. The quantitative estimate of drug-likeness (QED) is 0.763. The van der Waals surface area contributed by atoms with Gasteiger partial charge in [0.25, 0.3) is 0 Å². The monoisotopic (exact) mass is 276 g/mol. The number of hydrogen-bond acceptors (Lipinski definition) is 2. The molecule has 2 aromatic carbocycles. The molecule has 104 valence electrons. The van der Waals surface area contributed by atoms with Crippen LogP contribution in [0.15, 0.2) is 54.6 Å². The van der Waals surface area contributed by atoms with Crippen LogP contribution in [0.2, 0.25) is 0 Å². The van der Waals surface area contributed by atoms with Crippen molar-refractivity contribution in [2.45, 2.75) is 13.8 Å². The molecule has 3 nitrogen and oxygen atoms in total. The van der Waals surface area contributed by atoms with Gasteiger partial charge in [0.1, 0.15) is 0 Å². The van der Waals surface area contributed by atoms with E-state index in [0.29, 0.717) is 0 Å². The lowest BCUT2D eigenvalue weighted by Crippen LogP contribution is -2.05. The summed E-state index contributed by atoms with van der Waals surface area (Å²) < 4.78 is 0. The number of carbonyl (C=O) groups excluding carboxylic acids is 1. The minimum atomic E-state index is -0.0676. The van der Waals surface area contributed by atoms with Crippen molar-refractivity contribution >= 4 is 22.5 Å². The van der Waals surface area contributed by atoms with E-state index in [4.69, 9.17) is 0 Å². The number of carbonyl (C=O) groups is 1. The van der Waals surface area contributed by atoms with E-state index in [0.717, 1.165) is 27.8 Å². The standard InChI is InChI=1S/C18H16N2O/c1-12-3-9-18-15(11-12)6-10-17(20-18)14-4-7-16(8-5-14)19-13(2)21/h3-11H,1-2H3,(H,19,21). The maximum Gasteiger partial charge on any atom is 0.221 e. The smallest absolute Gasteiger partial charge is 0.221 e. The largest absolute Gasteiger partial charge is 0.326 e. The molecule has 1 amide bonds. The lowest BCUT2D eigenvalue weighted by molar-refractivity contribution is -0.114. The summed E-state index contributed by atoms with van der Waals surface area (Å²) in [6.07, 6.45) is 0. The number of benzene rings is 2. The predicted octanol–water partition coefficient (Wildman–Crippen LogP) is 4.17. The van der Waals surface area contributed by atoms with Crippen LogP contribution in [0.3, 0.4) is 0 Å². The second-order valence-electron chi connectivity index (χ2n) is 5.15. The third-order valence-electron chi connectivity index (χ3n) is 3.35. The van der Waals surface area contributed by atoms with Crippen LogP contribution in [-0.2, 0) is 4.79 Å². The molecule has 21 heavy (non-hydrogen) atoms. The highest BCUT2D eigenvalue weighted by Crippen LogP contribution is 2.23. The molecule has 0 radical (unpaired) electrons. The van der Waals surface area contributed by atoms with E-state index in [2.05, 4.69) is 35.4 Å². The molecule has 0 unspecified atom stereocenters. The molecule has 0 saturated carbocycles. The Morgan fingerprint density at radius 1 is 1.00 bits per heavy atom. The molecular weight excluding hydrogens is 260 g/mol. The van der Waals surface area contributed by atoms with Crippen LogP contribution in [0, 0.1) is 6.92 Å². The van der Waals surface area contributed by atoms with E-state index in [9.17, 15) is 4.79 Å². The van der Waals surface area contributed by atoms with Gasteiger partial charge in [-0.05, 0) is 37.3 Å². The lowest BCUT2D eigenvalue weighted by atomic mass is 10.1. The molecule has 0 bridgehead atoms. The fourth-order valence-electron chi connectivity index (χ4n) is 2.33. The van der Waals surface area contributed by atoms with Crippen molar-refractivity contribution in [1.82, 2.24) is 4.98 Å². The lowest BCUT2D eigenvalue weighted by Gasteiger charge is -2.06. The third-order valence-corrected chi connectivity index (χ3v) is 3.35. The summed E-state index contributed by atoms with van der Waals surface area (Å²) in [6, 6.07) is 18.1. The van der Waals surface area contributed by atoms with E-state index < -0.39 is 0 Å². The molecule has 1 heterocycles. The van der Waals surface area contributed by atoms with Crippen LogP contribution < -0.4 is 5.32 Å². The Balaban J connectivity index is 1.96. The summed E-state index contributed by atoms with van der Waals surface area (Å²) in [5.74, 6) is -0.0676. The first kappa shape index (κ1) is 13.3. The number of aryl methyl sites for hydroxylation is 1. The summed E-state index contributed by atoms with van der Waals surface area (Å²) in [5.41, 5.74) is 4.98. The Kier molecular flexibility index (Phi) is 3.40. The molecule has 0 saturated heterocycles. The first-order valence-electron chi connectivity index (χ1n) is 6.87. The Labute approximate surface area is 123 Å². The fourth-order valence-corrected chi connectivity index (χ4v) is 2.33. The second kappa shape index (κ2) is 5.37. The van der Waals surface area contributed by atoms with Gasteiger partial charge in [0.2, 0.25) is 5.91 Å². The van der Waals surface area contributed by atoms with Crippen LogP contribution in [0.4, 0.5) is 5.69 Å². The summed E-state index contributed by atoms with van der Waals surface area (Å²) in [6.45, 7) is 3.58. The van der Waals surface area contributed by atoms with Crippen molar-refractivity contribution in [3.05, 3.63) is 60.2 Å². The van der Waals surface area contributed by atoms with Gasteiger partial charge in [-0.1, -0.05) is 29.8 Å². The van der Waals surface area contributed by atoms with Crippen molar-refractivity contribution < 1.29 is 4.79 Å². The fraction of sp³-hybridized carbons (Fsp3) is 0.111. The second-order valence-corrected chi connectivity index (χ2v) is 5.15. The van der Waals surface area contributed by atoms with E-state index in [1.165, 1.54) is 12.5 Å². The van der Waals surface area contributed by atoms with Crippen molar-refractivity contribution in [3.63, 3.8) is 0 Å². The van der Waals surface area contributed by atoms with Gasteiger partial charge >= 0.3 is 0 Å². The Bertz CT molecular complexity index is 807. The van der Waals surface area contributed by atoms with Gasteiger partial charge < -0.3 is 5.32 Å². The van der Waals surface area contributed by atoms with Gasteiger partial charge in [-0.3, -0.25) is 4.79 Å². The molecule has 0 spiro atoms. The minimum Gasteiger partial charge on any atom is -0.326 e. The van der Waals surface area contributed by atoms with Crippen molar-refractivity contribution in [3.8, 4) is 11.3 Å². The number of hydrogen-bond donors (Lipinski definition) is 1. The minimum absolute atomic E-state index is 0.0676. The number of nitrogens with zero attached hydrogens (tertiary/aromatic N) is 1. The van der Waals surface area contributed by atoms with Crippen LogP contribution >= 0.6 is 0 Å². The number of rotatable bonds is 2. The molecule has 0 aliphatic carbocycles. The molecular formula is C18H16N2O. The van der Waals surface area contributed by atoms with E-state index >= 15 is 0 Å². The average Bonchev–Trinajstić information content (AvgIpc) is 2.47. The predicted molar refractivity (Wildman–Crippen MR) is 86.2 cm³/mol. The molecule has 1 aromatic heterocycles. The van der Waals surface area contributed by atoms with Crippen molar-refractivity contribution in [1.29, 1.82) is 0 Å². The van der Waals surface area contributed by atoms with Gasteiger partial charge in [0.15, 0.2) is 0 Å². The highest BCUT2D eigenvalue weighted by atomic mass is 16.1. The average molecular weight is 276 g/mol. The highest BCUT2D eigenvalue weighted by Gasteiger charge is 2.03. The van der Waals surface area contributed by atoms with E-state index in [1.807, 2.05) is 36.4 Å². The van der Waals surface area contributed by atoms with E-state index in [1.54, 1.807) is 0 Å². The molecule has 0 aliphatic heterocycles. The Morgan fingerprint density at radius 2 is 1.76 bits per heavy atom. The van der Waals surface area contributed by atoms with Gasteiger partial charge in [0.05, 0.1) is 11.2 Å². The van der Waals surface area contributed by atoms with Gasteiger partial charge in [0, 0.05) is 23.6 Å². The molecule has 1 N–H and O–H groups in total. The Hall–Kier alpha value is -2.68. The summed E-state index contributed by atoms with van der Waals surface area (Å²) in [7, 11) is 0.